The molecule has 5 rings (SSSR count). The van der Waals surface area contributed by atoms with Gasteiger partial charge in [0.2, 0.25) is 18.0 Å². The van der Waals surface area contributed by atoms with Crippen LogP contribution in [-0.2, 0) is 9.53 Å². The first-order chi connectivity index (χ1) is 15.0. The summed E-state index contributed by atoms with van der Waals surface area (Å²) in [5.41, 5.74) is 0.894. The van der Waals surface area contributed by atoms with Gasteiger partial charge in [-0.25, -0.2) is 0 Å². The van der Waals surface area contributed by atoms with Crippen molar-refractivity contribution >= 4 is 39.0 Å². The van der Waals surface area contributed by atoms with Crippen LogP contribution in [0.15, 0.2) is 84.0 Å². The highest BCUT2D eigenvalue weighted by Crippen LogP contribution is 2.38. The van der Waals surface area contributed by atoms with Gasteiger partial charge in [-0.1, -0.05) is 60.7 Å². The van der Waals surface area contributed by atoms with Crippen LogP contribution in [0.5, 0.6) is 0 Å². The Morgan fingerprint density at radius 1 is 0.968 bits per heavy atom. The highest BCUT2D eigenvalue weighted by Gasteiger charge is 2.37. The summed E-state index contributed by atoms with van der Waals surface area (Å²) in [7, 11) is 0. The number of benzene rings is 4. The van der Waals surface area contributed by atoms with Gasteiger partial charge in [0.25, 0.3) is 5.69 Å². The number of ether oxygens (including phenoxy) is 1. The van der Waals surface area contributed by atoms with Gasteiger partial charge < -0.3 is 4.74 Å². The molecular weight excluding hydrogens is 394 g/mol. The average molecular weight is 411 g/mol. The first kappa shape index (κ1) is 18.7. The molecule has 0 spiro atoms. The first-order valence-corrected chi connectivity index (χ1v) is 9.74. The molecule has 7 nitrogen and oxygen atoms in total. The average Bonchev–Trinajstić information content (AvgIpc) is 3.22. The molecule has 0 saturated carbocycles. The van der Waals surface area contributed by atoms with Crippen molar-refractivity contribution in [2.45, 2.75) is 13.2 Å². The van der Waals surface area contributed by atoms with E-state index in [2.05, 4.69) is 11.2 Å². The topological polar surface area (TPSA) is 85.0 Å². The molecule has 0 N–H and O–H groups in total. The minimum atomic E-state index is -1.02. The number of nitro groups is 1. The van der Waals surface area contributed by atoms with E-state index in [-0.39, 0.29) is 23.1 Å². The third kappa shape index (κ3) is 3.07. The summed E-state index contributed by atoms with van der Waals surface area (Å²) in [6, 6.07) is 24.0. The molecule has 1 aliphatic rings. The standard InChI is InChI=1S/C24H17N3O4/c1-15(28)26-24(20-12-6-7-13-21(20)27(29)30)31-23(25-26)22-18-10-4-2-8-16(18)14-17-9-3-5-11-19(17)22/h2-14,24H,1H3/t24-/m1/s1. The van der Waals surface area contributed by atoms with Crippen molar-refractivity contribution in [3.63, 3.8) is 0 Å². The molecule has 0 bridgehead atoms. The van der Waals surface area contributed by atoms with E-state index in [1.54, 1.807) is 18.2 Å². The molecule has 4 aromatic rings. The number of hydrogen-bond donors (Lipinski definition) is 0. The van der Waals surface area contributed by atoms with E-state index in [4.69, 9.17) is 4.74 Å². The highest BCUT2D eigenvalue weighted by atomic mass is 16.6. The summed E-state index contributed by atoms with van der Waals surface area (Å²) in [6.45, 7) is 1.36. The van der Waals surface area contributed by atoms with Crippen molar-refractivity contribution < 1.29 is 14.5 Å². The van der Waals surface area contributed by atoms with Crippen molar-refractivity contribution in [2.75, 3.05) is 0 Å². The predicted octanol–water partition coefficient (Wildman–Crippen LogP) is 5.14. The molecule has 0 saturated heterocycles. The van der Waals surface area contributed by atoms with Crippen LogP contribution in [0, 0.1) is 10.1 Å². The van der Waals surface area contributed by atoms with Crippen molar-refractivity contribution in [2.24, 2.45) is 5.10 Å². The zero-order valence-corrected chi connectivity index (χ0v) is 16.6. The van der Waals surface area contributed by atoms with E-state index in [1.807, 2.05) is 48.5 Å². The first-order valence-electron chi connectivity index (χ1n) is 9.74. The molecular formula is C24H17N3O4. The third-order valence-corrected chi connectivity index (χ3v) is 5.35. The van der Waals surface area contributed by atoms with Crippen LogP contribution in [0.2, 0.25) is 0 Å². The van der Waals surface area contributed by atoms with Crippen LogP contribution in [-0.4, -0.2) is 21.7 Å². The Labute approximate surface area is 177 Å². The molecule has 4 aromatic carbocycles. The van der Waals surface area contributed by atoms with E-state index in [0.717, 1.165) is 32.1 Å². The van der Waals surface area contributed by atoms with Crippen molar-refractivity contribution in [3.8, 4) is 0 Å². The van der Waals surface area contributed by atoms with Crippen LogP contribution in [0.4, 0.5) is 5.69 Å². The third-order valence-electron chi connectivity index (χ3n) is 5.35. The lowest BCUT2D eigenvalue weighted by atomic mass is 9.96. The van der Waals surface area contributed by atoms with Crippen LogP contribution in [0.25, 0.3) is 21.5 Å². The number of amides is 1. The van der Waals surface area contributed by atoms with Gasteiger partial charge in [-0.15, -0.1) is 5.10 Å². The van der Waals surface area contributed by atoms with Gasteiger partial charge >= 0.3 is 0 Å². The van der Waals surface area contributed by atoms with E-state index >= 15 is 0 Å². The van der Waals surface area contributed by atoms with Crippen LogP contribution in [0.1, 0.15) is 24.3 Å². The monoisotopic (exact) mass is 411 g/mol. The fourth-order valence-corrected chi connectivity index (χ4v) is 3.98. The van der Waals surface area contributed by atoms with E-state index < -0.39 is 11.2 Å². The highest BCUT2D eigenvalue weighted by molar-refractivity contribution is 6.18. The van der Waals surface area contributed by atoms with Crippen molar-refractivity contribution in [1.82, 2.24) is 5.01 Å². The number of carbonyl (C=O) groups is 1. The zero-order valence-electron chi connectivity index (χ0n) is 16.6. The van der Waals surface area contributed by atoms with E-state index in [9.17, 15) is 14.9 Å². The summed E-state index contributed by atoms with van der Waals surface area (Å²) in [4.78, 5) is 23.5. The minimum Gasteiger partial charge on any atom is -0.445 e. The summed E-state index contributed by atoms with van der Waals surface area (Å²) in [5, 5.41) is 21.1. The second-order valence-electron chi connectivity index (χ2n) is 7.25. The predicted molar refractivity (Wildman–Crippen MR) is 117 cm³/mol. The molecule has 1 aliphatic heterocycles. The largest absolute Gasteiger partial charge is 0.445 e. The molecule has 1 amide bonds. The maximum absolute atomic E-state index is 12.4. The Hall–Kier alpha value is -4.26. The van der Waals surface area contributed by atoms with Gasteiger partial charge in [0.05, 0.1) is 16.1 Å². The summed E-state index contributed by atoms with van der Waals surface area (Å²) in [6.07, 6.45) is -1.02. The molecule has 0 aromatic heterocycles. The number of nitrogens with zero attached hydrogens (tertiary/aromatic N) is 3. The van der Waals surface area contributed by atoms with E-state index in [1.165, 1.54) is 13.0 Å². The molecule has 7 heteroatoms. The Morgan fingerprint density at radius 3 is 2.16 bits per heavy atom. The number of para-hydroxylation sites is 1. The lowest BCUT2D eigenvalue weighted by molar-refractivity contribution is -0.386. The maximum Gasteiger partial charge on any atom is 0.278 e. The van der Waals surface area contributed by atoms with Crippen LogP contribution in [0.3, 0.4) is 0 Å². The van der Waals surface area contributed by atoms with Crippen LogP contribution < -0.4 is 0 Å². The molecule has 31 heavy (non-hydrogen) atoms. The number of hydrogen-bond acceptors (Lipinski definition) is 5. The smallest absolute Gasteiger partial charge is 0.278 e. The van der Waals surface area contributed by atoms with Gasteiger partial charge in [0, 0.05) is 13.0 Å². The second-order valence-corrected chi connectivity index (χ2v) is 7.25. The second kappa shape index (κ2) is 7.21. The molecule has 1 atom stereocenters. The lowest BCUT2D eigenvalue weighted by Crippen LogP contribution is -2.25. The summed E-state index contributed by atoms with van der Waals surface area (Å²) >= 11 is 0. The molecule has 1 heterocycles. The Bertz CT molecular complexity index is 1340. The van der Waals surface area contributed by atoms with Crippen LogP contribution >= 0.6 is 0 Å². The van der Waals surface area contributed by atoms with Gasteiger partial charge in [0.15, 0.2) is 0 Å². The SMILES string of the molecule is CC(=O)N1N=C(c2c3ccccc3cc3ccccc23)O[C@@H]1c1ccccc1[N+](=O)[O-]. The summed E-state index contributed by atoms with van der Waals surface area (Å²) < 4.78 is 6.17. The normalized spacial score (nSPS) is 15.7. The Morgan fingerprint density at radius 2 is 1.55 bits per heavy atom. The molecule has 0 fully saturated rings. The fraction of sp³-hybridized carbons (Fsp3) is 0.0833. The number of rotatable bonds is 3. The quantitative estimate of drug-likeness (QED) is 0.265. The van der Waals surface area contributed by atoms with Gasteiger partial charge in [-0.2, -0.15) is 5.01 Å². The summed E-state index contributed by atoms with van der Waals surface area (Å²) in [5.74, 6) is -0.117. The number of nitro benzene ring substituents is 1. The lowest BCUT2D eigenvalue weighted by Gasteiger charge is -2.19. The van der Waals surface area contributed by atoms with Gasteiger partial charge in [-0.05, 0) is 33.7 Å². The maximum atomic E-state index is 12.4. The number of carbonyl (C=O) groups excluding carboxylic acids is 1. The molecule has 152 valence electrons. The van der Waals surface area contributed by atoms with Gasteiger partial charge in [0.1, 0.15) is 0 Å². The molecule has 0 unspecified atom stereocenters. The number of hydrazone groups is 1. The Balaban J connectivity index is 1.72. The number of fused-ring (bicyclic) bond motifs is 2. The molecule has 0 aliphatic carbocycles. The Kier molecular flexibility index (Phi) is 4.36. The molecule has 0 radical (unpaired) electrons. The van der Waals surface area contributed by atoms with Gasteiger partial charge in [-0.3, -0.25) is 14.9 Å². The fourth-order valence-electron chi connectivity index (χ4n) is 3.98. The van der Waals surface area contributed by atoms with E-state index in [0.29, 0.717) is 0 Å². The van der Waals surface area contributed by atoms with Crippen molar-refractivity contribution in [3.05, 3.63) is 100 Å². The minimum absolute atomic E-state index is 0.127. The van der Waals surface area contributed by atoms with Crippen molar-refractivity contribution in [1.29, 1.82) is 0 Å². The zero-order chi connectivity index (χ0) is 21.5.